The average Bonchev–Trinajstić information content (AvgIpc) is 0.729. The van der Waals surface area contributed by atoms with Gasteiger partial charge in [-0.25, -0.2) is 4.79 Å². The Bertz CT molecular complexity index is 3830. The summed E-state index contributed by atoms with van der Waals surface area (Å²) in [5.41, 5.74) is 0. The van der Waals surface area contributed by atoms with Gasteiger partial charge in [0, 0.05) is 33.6 Å². The number of carboxylic acid groups (broad SMARTS) is 1. The van der Waals surface area contributed by atoms with E-state index in [2.05, 4.69) is 47.3 Å². The number of aliphatic hydroxyl groups is 23. The van der Waals surface area contributed by atoms with Crippen molar-refractivity contribution in [2.75, 3.05) is 52.9 Å². The largest absolute Gasteiger partial charge is 0.477 e. The van der Waals surface area contributed by atoms with Gasteiger partial charge in [0.15, 0.2) is 44.0 Å². The van der Waals surface area contributed by atoms with Gasteiger partial charge in [0.2, 0.25) is 23.6 Å². The zero-order valence-corrected chi connectivity index (χ0v) is 87.3. The van der Waals surface area contributed by atoms with Gasteiger partial charge in [-0.2, -0.15) is 0 Å². The van der Waals surface area contributed by atoms with Crippen LogP contribution in [-0.2, 0) is 99.8 Å². The Morgan fingerprint density at radius 3 is 1.15 bits per heavy atom. The maximum atomic E-state index is 13.7. The Kier molecular flexibility index (Phi) is 58.8. The normalized spacial score (nSPS) is 37.4. The first kappa shape index (κ1) is 130. The van der Waals surface area contributed by atoms with Crippen LogP contribution in [0, 0.1) is 0 Å². The highest BCUT2D eigenvalue weighted by Crippen LogP contribution is 2.43. The van der Waals surface area contributed by atoms with E-state index in [1.165, 1.54) is 142 Å². The average molecular weight is 2170 g/mol. The van der Waals surface area contributed by atoms with E-state index in [-0.39, 0.29) is 12.3 Å². The number of rotatable bonds is 68. The van der Waals surface area contributed by atoms with Crippen molar-refractivity contribution in [1.29, 1.82) is 0 Å². The highest BCUT2D eigenvalue weighted by atomic mass is 16.8. The minimum atomic E-state index is -3.36. The lowest BCUT2D eigenvalue weighted by Gasteiger charge is -2.52. The van der Waals surface area contributed by atoms with E-state index in [1.54, 1.807) is 6.08 Å². The molecule has 8 aliphatic rings. The van der Waals surface area contributed by atoms with Gasteiger partial charge in [-0.1, -0.05) is 205 Å². The SMILES string of the molecule is CCCCCCCC/C=C\CCCCCCCCCCCCCCCC(=O)N[C@@H](CO[C@@H]1OC(CO)[C@@H](O[C@@H]2OC(CO)[C@H](O)[C@H](O[C@@H]3OC(CO)[C@@H](O[C@@H]4OC(CO)[C@H](O)[C@H](O[C@@H]5OC(CO)[C@@H](O[C@H]6OC(C)[C@@H](O)C(O)[C@@H]6O)[C@H](O[C@@H]6OC(CO)[C@H](O)[C@H](O[C@]7(C(=O)O)CC(O)[C@@H](NC(C)=O)C([C@H](O)[C@H](O)CO)O7)C6O)C5NC(C)=O)C4O)[C@H](O)C3NC(C)=O)C2O)[C@H](O)C1O)[C@H](O)/C=C/CCCCCCCCCCCCC. The topological polar surface area (TPSA) is 767 Å². The van der Waals surface area contributed by atoms with E-state index in [0.29, 0.717) is 12.8 Å². The highest BCUT2D eigenvalue weighted by Gasteiger charge is 2.64. The second kappa shape index (κ2) is 67.6. The Balaban J connectivity index is 0.943. The predicted octanol–water partition coefficient (Wildman–Crippen LogP) is -3.50. The molecule has 43 atom stereocenters. The molecule has 8 saturated heterocycles. The quantitative estimate of drug-likeness (QED) is 0.0207. The molecule has 0 saturated carbocycles. The number of unbranched alkanes of at least 4 members (excludes halogenated alkanes) is 30. The fourth-order valence-corrected chi connectivity index (χ4v) is 20.2. The van der Waals surface area contributed by atoms with Crippen molar-refractivity contribution >= 4 is 29.6 Å². The van der Waals surface area contributed by atoms with Crippen molar-refractivity contribution in [1.82, 2.24) is 21.3 Å². The standard InChI is InChI=1S/C101H178N4O45/c1-7-9-11-13-15-17-19-21-22-23-24-25-26-27-28-29-30-32-34-36-38-40-42-44-68(119)105-58(59(116)43-41-39-37-35-33-31-20-18-16-14-12-10-8-2)53-135-95-81(129)79(127)86(66(51-111)142-95)144-98-82(130)90(74(122)62(47-107)138-98)147-93-70(103-56(5)114)77(125)85(65(50-110)140-93)143-97-83(131)91(75(123)63(48-108)137-97)148-94-71(104-57(6)115)89(87(67(52-112)141-94)145-96-80(128)78(126)72(120)54(3)136-96)146-99-84(132)92(76(124)64(49-109)139-99)150-101(100(133)134)45-60(117)69(102-55(4)113)88(149-101)73(121)61(118)46-106/h21-22,41,43,54,58-67,69-99,106-112,116-118,120-132H,7-20,23-40,42,44-53H2,1-6H3,(H,102,113)(H,103,114)(H,104,115)(H,105,119)(H,133,134)/b22-21-,43-41+/t54?,58-,59+,60?,61+,62?,63?,64?,65?,66?,67?,69+,70?,71?,72+,73+,74-,75-,76-,77+,78?,79+,80-,81?,82?,83?,84?,85+,86+,87+,88?,89+,90-,91-,92-,93-,94-,95+,96+,97-,98-,99-,101-/m0/s1. The number of carbonyl (C=O) groups excluding carboxylic acids is 4. The molecule has 8 heterocycles. The van der Waals surface area contributed by atoms with Crippen LogP contribution >= 0.6 is 0 Å². The number of aliphatic hydroxyl groups excluding tert-OH is 23. The summed E-state index contributed by atoms with van der Waals surface area (Å²) in [5.74, 6) is -8.80. The van der Waals surface area contributed by atoms with E-state index in [4.69, 9.17) is 75.8 Å². The minimum absolute atomic E-state index is 0.137. The summed E-state index contributed by atoms with van der Waals surface area (Å²) in [7, 11) is 0. The molecule has 8 rings (SSSR count). The van der Waals surface area contributed by atoms with E-state index in [1.807, 2.05) is 6.08 Å². The summed E-state index contributed by atoms with van der Waals surface area (Å²) in [5, 5.41) is 283. The number of amides is 4. The van der Waals surface area contributed by atoms with Crippen LogP contribution < -0.4 is 21.3 Å². The van der Waals surface area contributed by atoms with E-state index in [9.17, 15) is 147 Å². The van der Waals surface area contributed by atoms with E-state index >= 15 is 0 Å². The molecule has 872 valence electrons. The lowest BCUT2D eigenvalue weighted by molar-refractivity contribution is -0.399. The molecule has 150 heavy (non-hydrogen) atoms. The number of carboxylic acids is 1. The first-order valence-electron chi connectivity index (χ1n) is 54.1. The monoisotopic (exact) mass is 2170 g/mol. The van der Waals surface area contributed by atoms with Gasteiger partial charge in [0.05, 0.1) is 83.3 Å². The van der Waals surface area contributed by atoms with Gasteiger partial charge < -0.3 is 220 Å². The van der Waals surface area contributed by atoms with Crippen molar-refractivity contribution in [3.8, 4) is 0 Å². The molecule has 8 aliphatic heterocycles. The van der Waals surface area contributed by atoms with Crippen LogP contribution in [0.4, 0.5) is 0 Å². The smallest absolute Gasteiger partial charge is 0.364 e. The molecular weight excluding hydrogens is 1990 g/mol. The molecule has 28 N–H and O–H groups in total. The Morgan fingerprint density at radius 2 is 0.713 bits per heavy atom. The Labute approximate surface area is 876 Å². The van der Waals surface area contributed by atoms with Gasteiger partial charge in [0.1, 0.15) is 183 Å². The second-order valence-electron chi connectivity index (χ2n) is 40.9. The van der Waals surface area contributed by atoms with Crippen LogP contribution in [0.1, 0.15) is 266 Å². The number of allylic oxidation sites excluding steroid dienone is 3. The van der Waals surface area contributed by atoms with Gasteiger partial charge >= 0.3 is 5.97 Å². The molecule has 0 bridgehead atoms. The summed E-state index contributed by atoms with van der Waals surface area (Å²) < 4.78 is 96.7. The molecule has 4 amide bonds. The minimum Gasteiger partial charge on any atom is -0.477 e. The second-order valence-corrected chi connectivity index (χ2v) is 40.9. The summed E-state index contributed by atoms with van der Waals surface area (Å²) in [6.45, 7) is -0.239. The number of carbonyl (C=O) groups is 5. The van der Waals surface area contributed by atoms with Crippen LogP contribution in [0.5, 0.6) is 0 Å². The zero-order valence-electron chi connectivity index (χ0n) is 87.3. The zero-order chi connectivity index (χ0) is 110. The molecule has 49 nitrogen and oxygen atoms in total. The lowest BCUT2D eigenvalue weighted by Crippen LogP contribution is -2.72. The molecule has 0 aromatic carbocycles. The van der Waals surface area contributed by atoms with Gasteiger partial charge in [0.25, 0.3) is 5.79 Å². The van der Waals surface area contributed by atoms with Gasteiger partial charge in [-0.05, 0) is 51.9 Å². The number of hydrogen-bond acceptors (Lipinski definition) is 44. The van der Waals surface area contributed by atoms with Crippen molar-refractivity contribution in [3.05, 3.63) is 24.3 Å². The fraction of sp³-hybridized carbons (Fsp3) is 0.911. The van der Waals surface area contributed by atoms with Crippen LogP contribution in [0.15, 0.2) is 24.3 Å². The predicted molar refractivity (Wildman–Crippen MR) is 523 cm³/mol. The molecular formula is C101H178N4O45. The Hall–Kier alpha value is -4.73. The maximum Gasteiger partial charge on any atom is 0.364 e. The molecule has 0 aromatic heterocycles. The van der Waals surface area contributed by atoms with Crippen LogP contribution in [0.2, 0.25) is 0 Å². The van der Waals surface area contributed by atoms with E-state index in [0.717, 1.165) is 85.0 Å². The summed E-state index contributed by atoms with van der Waals surface area (Å²) in [4.78, 5) is 66.6. The molecule has 8 fully saturated rings. The molecule has 0 aromatic rings. The first-order chi connectivity index (χ1) is 71.8. The molecule has 0 aliphatic carbocycles. The van der Waals surface area contributed by atoms with Crippen molar-refractivity contribution in [2.45, 2.75) is 529 Å². The number of ether oxygens (including phenoxy) is 16. The number of hydrogen-bond donors (Lipinski definition) is 28. The van der Waals surface area contributed by atoms with Crippen molar-refractivity contribution in [2.24, 2.45) is 0 Å². The molecule has 0 spiro atoms. The van der Waals surface area contributed by atoms with E-state index < -0.39 is 346 Å². The third-order valence-electron chi connectivity index (χ3n) is 28.9. The van der Waals surface area contributed by atoms with Gasteiger partial charge in [-0.3, -0.25) is 19.2 Å². The van der Waals surface area contributed by atoms with Crippen LogP contribution in [0.3, 0.4) is 0 Å². The highest BCUT2D eigenvalue weighted by molar-refractivity contribution is 5.77. The number of aliphatic carboxylic acids is 1. The maximum absolute atomic E-state index is 13.7. The number of nitrogens with one attached hydrogen (secondary N) is 4. The Morgan fingerprint density at radius 1 is 0.360 bits per heavy atom. The van der Waals surface area contributed by atoms with Crippen LogP contribution in [0.25, 0.3) is 0 Å². The summed E-state index contributed by atoms with van der Waals surface area (Å²) in [6.07, 6.45) is -35.5. The third-order valence-corrected chi connectivity index (χ3v) is 28.9. The van der Waals surface area contributed by atoms with Crippen molar-refractivity contribution in [3.63, 3.8) is 0 Å². The molecule has 49 heteroatoms. The van der Waals surface area contributed by atoms with Crippen LogP contribution in [-0.4, -0.2) is 468 Å². The molecule has 16 unspecified atom stereocenters. The van der Waals surface area contributed by atoms with Crippen molar-refractivity contribution < 1.29 is 222 Å². The lowest BCUT2D eigenvalue weighted by atomic mass is 9.88. The van der Waals surface area contributed by atoms with Gasteiger partial charge in [-0.15, -0.1) is 0 Å². The summed E-state index contributed by atoms with van der Waals surface area (Å²) >= 11 is 0. The third kappa shape index (κ3) is 38.3. The molecule has 0 radical (unpaired) electrons. The fourth-order valence-electron chi connectivity index (χ4n) is 20.2. The summed E-state index contributed by atoms with van der Waals surface area (Å²) in [6, 6.07) is -7.00. The first-order valence-corrected chi connectivity index (χ1v) is 54.1.